The molecule has 0 aliphatic heterocycles. The smallest absolute Gasteiger partial charge is 0.462 e. The first kappa shape index (κ1) is 90.7. The van der Waals surface area contributed by atoms with Gasteiger partial charge in [-0.25, -0.2) is 4.57 Å². The third kappa shape index (κ3) is 77.7. The summed E-state index contributed by atoms with van der Waals surface area (Å²) >= 11 is 0. The van der Waals surface area contributed by atoms with E-state index in [0.717, 1.165) is 109 Å². The van der Waals surface area contributed by atoms with Crippen LogP contribution in [0.15, 0.2) is 109 Å². The number of nitrogens with zero attached hydrogens (tertiary/aromatic N) is 1. The number of quaternary nitrogens is 1. The number of hydrogen-bond donors (Lipinski definition) is 1. The lowest BCUT2D eigenvalue weighted by molar-refractivity contribution is -0.870. The first-order chi connectivity index (χ1) is 46.0. The number of likely N-dealkylation sites (N-methyl/N-ethyl adjacent to an activating group) is 1. The Morgan fingerprint density at radius 2 is 0.606 bits per heavy atom. The predicted molar refractivity (Wildman–Crippen MR) is 408 cm³/mol. The zero-order valence-electron chi connectivity index (χ0n) is 62.2. The highest BCUT2D eigenvalue weighted by Gasteiger charge is 2.27. The highest BCUT2D eigenvalue weighted by atomic mass is 31.2. The van der Waals surface area contributed by atoms with Crippen LogP contribution in [-0.2, 0) is 32.7 Å². The van der Waals surface area contributed by atoms with E-state index in [-0.39, 0.29) is 32.0 Å². The molecule has 2 unspecified atom stereocenters. The van der Waals surface area contributed by atoms with Gasteiger partial charge in [0.2, 0.25) is 0 Å². The normalized spacial score (nSPS) is 13.6. The summed E-state index contributed by atoms with van der Waals surface area (Å²) in [5, 5.41) is 0. The highest BCUT2D eigenvalue weighted by Crippen LogP contribution is 2.43. The fourth-order valence-electron chi connectivity index (χ4n) is 11.3. The van der Waals surface area contributed by atoms with Gasteiger partial charge in [0.15, 0.2) is 6.10 Å². The van der Waals surface area contributed by atoms with Crippen LogP contribution in [0.1, 0.15) is 361 Å². The second kappa shape index (κ2) is 73.9. The maximum Gasteiger partial charge on any atom is 0.472 e. The van der Waals surface area contributed by atoms with E-state index in [4.69, 9.17) is 18.5 Å². The van der Waals surface area contributed by atoms with Crippen LogP contribution in [0, 0.1) is 0 Å². The summed E-state index contributed by atoms with van der Waals surface area (Å²) in [6.07, 6.45) is 105. The van der Waals surface area contributed by atoms with Crippen molar-refractivity contribution in [1.29, 1.82) is 0 Å². The minimum absolute atomic E-state index is 0.0248. The maximum absolute atomic E-state index is 12.9. The van der Waals surface area contributed by atoms with E-state index >= 15 is 0 Å². The third-order valence-corrected chi connectivity index (χ3v) is 18.3. The van der Waals surface area contributed by atoms with Crippen molar-refractivity contribution in [3.05, 3.63) is 109 Å². The molecule has 0 spiro atoms. The Kier molecular flexibility index (Phi) is 71.3. The van der Waals surface area contributed by atoms with E-state index in [2.05, 4.69) is 123 Å². The van der Waals surface area contributed by atoms with Gasteiger partial charge in [-0.15, -0.1) is 0 Å². The van der Waals surface area contributed by atoms with Gasteiger partial charge in [0.1, 0.15) is 19.8 Å². The Balaban J connectivity index is 3.98. The van der Waals surface area contributed by atoms with Crippen LogP contribution in [0.25, 0.3) is 0 Å². The molecule has 0 saturated heterocycles. The average Bonchev–Trinajstić information content (AvgIpc) is 1.66. The zero-order valence-corrected chi connectivity index (χ0v) is 63.1. The van der Waals surface area contributed by atoms with Crippen molar-refractivity contribution in [2.45, 2.75) is 367 Å². The minimum atomic E-state index is -4.41. The average molecular weight is 1330 g/mol. The number of allylic oxidation sites excluding steroid dienone is 18. The standard InChI is InChI=1S/C84H150NO8P/c1-6-8-10-12-14-16-18-20-22-24-26-28-30-32-34-36-38-39-40-41-42-43-44-45-47-48-50-52-54-56-58-60-62-64-66-68-70-72-74-76-83(86)90-80-82(81-92-94(88,89)91-79-78-85(3,4)5)93-84(87)77-75-73-71-69-67-65-63-61-59-57-55-53-51-49-46-37-35-33-31-29-27-25-23-21-19-17-15-13-11-9-7-2/h9,11,15,17,21,23-24,26-27,29,33,35,46,49,53,55,59,61,82H,6-8,10,12-14,16,18-20,22,25,28,30-32,34,36-45,47-48,50-52,54,56-58,60,62-81H2,1-5H3/p+1/b11-9-,17-15-,23-21-,26-24-,29-27-,35-33-,49-46-,55-53-,61-59-. The van der Waals surface area contributed by atoms with Gasteiger partial charge >= 0.3 is 19.8 Å². The summed E-state index contributed by atoms with van der Waals surface area (Å²) in [6.45, 7) is 4.34. The Bertz CT molecular complexity index is 1960. The first-order valence-electron chi connectivity index (χ1n) is 39.6. The Hall–Kier alpha value is -3.33. The van der Waals surface area contributed by atoms with Gasteiger partial charge in [-0.05, 0) is 103 Å². The van der Waals surface area contributed by atoms with E-state index in [0.29, 0.717) is 17.4 Å². The molecule has 10 heteroatoms. The predicted octanol–water partition coefficient (Wildman–Crippen LogP) is 26.4. The molecule has 0 amide bonds. The molecule has 9 nitrogen and oxygen atoms in total. The molecular formula is C84H151NO8P+. The van der Waals surface area contributed by atoms with Gasteiger partial charge in [-0.1, -0.05) is 354 Å². The molecule has 0 aromatic rings. The molecule has 0 heterocycles. The summed E-state index contributed by atoms with van der Waals surface area (Å²) in [5.41, 5.74) is 0. The molecule has 2 atom stereocenters. The van der Waals surface area contributed by atoms with E-state index in [1.54, 1.807) is 0 Å². The van der Waals surface area contributed by atoms with Crippen molar-refractivity contribution >= 4 is 19.8 Å². The molecule has 544 valence electrons. The second-order valence-electron chi connectivity index (χ2n) is 27.7. The second-order valence-corrected chi connectivity index (χ2v) is 29.2. The number of carbonyl (C=O) groups is 2. The van der Waals surface area contributed by atoms with Crippen LogP contribution >= 0.6 is 7.82 Å². The lowest BCUT2D eigenvalue weighted by atomic mass is 10.0. The lowest BCUT2D eigenvalue weighted by Crippen LogP contribution is -2.37. The van der Waals surface area contributed by atoms with Crippen LogP contribution < -0.4 is 0 Å². The molecule has 0 aromatic carbocycles. The largest absolute Gasteiger partial charge is 0.472 e. The SMILES string of the molecule is CC/C=C\C/C=C\C/C=C\C/C=C\C/C=C\C/C=C\C/C=C\C/C=C\CCCCCCCCC(=O)OC(COC(=O)CCCCCCCCCCCCCCCCCCCCCCCCCCCCC/C=C\CCCCCCCCCC)COP(=O)(O)OCC[N+](C)(C)C. The van der Waals surface area contributed by atoms with Crippen molar-refractivity contribution in [3.8, 4) is 0 Å². The summed E-state index contributed by atoms with van der Waals surface area (Å²) in [4.78, 5) is 36.0. The van der Waals surface area contributed by atoms with E-state index in [1.165, 1.54) is 218 Å². The van der Waals surface area contributed by atoms with Crippen LogP contribution in [0.3, 0.4) is 0 Å². The maximum atomic E-state index is 12.9. The van der Waals surface area contributed by atoms with Crippen molar-refractivity contribution < 1.29 is 42.1 Å². The van der Waals surface area contributed by atoms with Crippen molar-refractivity contribution in [2.75, 3.05) is 47.5 Å². The molecule has 0 saturated carbocycles. The van der Waals surface area contributed by atoms with Gasteiger partial charge in [0.25, 0.3) is 0 Å². The molecule has 0 aromatic heterocycles. The van der Waals surface area contributed by atoms with Crippen molar-refractivity contribution in [1.82, 2.24) is 0 Å². The summed E-state index contributed by atoms with van der Waals surface area (Å²) in [6, 6.07) is 0. The van der Waals surface area contributed by atoms with E-state index in [1.807, 2.05) is 21.1 Å². The molecule has 0 fully saturated rings. The Labute approximate surface area is 582 Å². The molecular weight excluding hydrogens is 1180 g/mol. The highest BCUT2D eigenvalue weighted by molar-refractivity contribution is 7.47. The van der Waals surface area contributed by atoms with Gasteiger partial charge < -0.3 is 18.9 Å². The number of phosphoric acid groups is 1. The quantitative estimate of drug-likeness (QED) is 0.0211. The van der Waals surface area contributed by atoms with Crippen LogP contribution in [-0.4, -0.2) is 74.9 Å². The molecule has 0 radical (unpaired) electrons. The lowest BCUT2D eigenvalue weighted by Gasteiger charge is -2.24. The number of ether oxygens (including phenoxy) is 2. The number of hydrogen-bond acceptors (Lipinski definition) is 7. The van der Waals surface area contributed by atoms with Crippen molar-refractivity contribution in [3.63, 3.8) is 0 Å². The zero-order chi connectivity index (χ0) is 68.3. The number of rotatable bonds is 73. The van der Waals surface area contributed by atoms with Gasteiger partial charge in [0, 0.05) is 12.8 Å². The molecule has 0 aliphatic rings. The van der Waals surface area contributed by atoms with E-state index < -0.39 is 26.5 Å². The van der Waals surface area contributed by atoms with Gasteiger partial charge in [0.05, 0.1) is 27.7 Å². The Morgan fingerprint density at radius 1 is 0.340 bits per heavy atom. The van der Waals surface area contributed by atoms with Gasteiger partial charge in [-0.3, -0.25) is 18.6 Å². The summed E-state index contributed by atoms with van der Waals surface area (Å²) < 4.78 is 34.8. The third-order valence-electron chi connectivity index (χ3n) is 17.3. The summed E-state index contributed by atoms with van der Waals surface area (Å²) in [7, 11) is 1.47. The number of carbonyl (C=O) groups excluding carboxylic acids is 2. The van der Waals surface area contributed by atoms with Crippen LogP contribution in [0.4, 0.5) is 0 Å². The number of esters is 2. The number of phosphoric ester groups is 1. The van der Waals surface area contributed by atoms with Crippen molar-refractivity contribution in [2.24, 2.45) is 0 Å². The molecule has 0 rings (SSSR count). The van der Waals surface area contributed by atoms with Gasteiger partial charge in [-0.2, -0.15) is 0 Å². The molecule has 94 heavy (non-hydrogen) atoms. The Morgan fingerprint density at radius 3 is 0.915 bits per heavy atom. The monoisotopic (exact) mass is 1330 g/mol. The number of unbranched alkanes of at least 4 members (excludes halogenated alkanes) is 41. The molecule has 1 N–H and O–H groups in total. The van der Waals surface area contributed by atoms with E-state index in [9.17, 15) is 19.0 Å². The molecule has 0 bridgehead atoms. The topological polar surface area (TPSA) is 108 Å². The van der Waals surface area contributed by atoms with Crippen LogP contribution in [0.5, 0.6) is 0 Å². The first-order valence-corrected chi connectivity index (χ1v) is 41.1. The summed E-state index contributed by atoms with van der Waals surface area (Å²) in [5.74, 6) is -0.806. The minimum Gasteiger partial charge on any atom is -0.462 e. The van der Waals surface area contributed by atoms with Crippen LogP contribution in [0.2, 0.25) is 0 Å². The fraction of sp³-hybridized carbons (Fsp3) is 0.762. The molecule has 0 aliphatic carbocycles. The fourth-order valence-corrected chi connectivity index (χ4v) is 12.0.